The first kappa shape index (κ1) is 21.4. The molecule has 0 bridgehead atoms. The van der Waals surface area contributed by atoms with Crippen molar-refractivity contribution in [3.05, 3.63) is 71.0 Å². The molecular weight excluding hydrogens is 446 g/mol. The molecule has 3 aromatic rings. The number of aromatic amines is 1. The molecule has 1 aliphatic carbocycles. The number of rotatable bonds is 6. The Balaban J connectivity index is 1.18. The maximum absolute atomic E-state index is 13.3. The number of aliphatic imine (C=N–C) groups is 1. The average molecular weight is 472 g/mol. The highest BCUT2D eigenvalue weighted by Crippen LogP contribution is 2.50. The van der Waals surface area contributed by atoms with E-state index in [0.717, 1.165) is 31.0 Å². The van der Waals surface area contributed by atoms with Gasteiger partial charge in [-0.3, -0.25) is 19.7 Å². The zero-order chi connectivity index (χ0) is 24.0. The molecule has 2 amide bonds. The summed E-state index contributed by atoms with van der Waals surface area (Å²) in [6.07, 6.45) is 2.60. The minimum Gasteiger partial charge on any atom is -0.497 e. The lowest BCUT2D eigenvalue weighted by Crippen LogP contribution is -2.38. The number of fused-ring (bicyclic) bond motifs is 1. The summed E-state index contributed by atoms with van der Waals surface area (Å²) >= 11 is 0. The maximum atomic E-state index is 13.3. The zero-order valence-corrected chi connectivity index (χ0v) is 19.3. The van der Waals surface area contributed by atoms with E-state index in [2.05, 4.69) is 32.6 Å². The van der Waals surface area contributed by atoms with Crippen molar-refractivity contribution in [2.75, 3.05) is 37.0 Å². The molecule has 2 N–H and O–H groups in total. The molecule has 178 valence electrons. The molecule has 35 heavy (non-hydrogen) atoms. The van der Waals surface area contributed by atoms with Gasteiger partial charge in [0.2, 0.25) is 0 Å². The van der Waals surface area contributed by atoms with E-state index in [9.17, 15) is 9.59 Å². The van der Waals surface area contributed by atoms with Crippen molar-refractivity contribution in [1.29, 1.82) is 0 Å². The maximum Gasteiger partial charge on any atom is 0.276 e. The van der Waals surface area contributed by atoms with Crippen LogP contribution in [0, 0.1) is 0 Å². The van der Waals surface area contributed by atoms with Crippen LogP contribution in [0.25, 0.3) is 0 Å². The zero-order valence-electron chi connectivity index (χ0n) is 19.3. The molecule has 1 fully saturated rings. The van der Waals surface area contributed by atoms with E-state index in [0.29, 0.717) is 42.3 Å². The summed E-state index contributed by atoms with van der Waals surface area (Å²) in [5.41, 5.74) is 3.75. The molecule has 0 radical (unpaired) electrons. The number of methoxy groups -OCH3 is 1. The molecule has 2 aliphatic heterocycles. The number of carbonyl (C=O) groups is 2. The topological polar surface area (TPSA) is 109 Å². The lowest BCUT2D eigenvalue weighted by atomic mass is 9.95. The van der Waals surface area contributed by atoms with Gasteiger partial charge in [0.05, 0.1) is 19.1 Å². The van der Waals surface area contributed by atoms with Crippen LogP contribution in [0.5, 0.6) is 5.75 Å². The van der Waals surface area contributed by atoms with E-state index in [1.54, 1.807) is 36.3 Å². The molecule has 0 unspecified atom stereocenters. The second-order valence-electron chi connectivity index (χ2n) is 8.98. The van der Waals surface area contributed by atoms with Crippen LogP contribution in [0.3, 0.4) is 0 Å². The van der Waals surface area contributed by atoms with Crippen LogP contribution in [0.4, 0.5) is 11.4 Å². The smallest absolute Gasteiger partial charge is 0.276 e. The van der Waals surface area contributed by atoms with Gasteiger partial charge in [-0.15, -0.1) is 0 Å². The third kappa shape index (κ3) is 3.63. The number of aromatic nitrogens is 2. The molecule has 3 heterocycles. The highest BCUT2D eigenvalue weighted by Gasteiger charge is 2.51. The Labute approximate surface area is 202 Å². The van der Waals surface area contributed by atoms with Gasteiger partial charge in [-0.05, 0) is 61.2 Å². The summed E-state index contributed by atoms with van der Waals surface area (Å²) in [4.78, 5) is 32.3. The van der Waals surface area contributed by atoms with Gasteiger partial charge in [-0.25, -0.2) is 0 Å². The third-order valence-corrected chi connectivity index (χ3v) is 6.95. The number of ether oxygens (including phenoxy) is 2. The van der Waals surface area contributed by atoms with Crippen LogP contribution in [-0.4, -0.2) is 54.7 Å². The van der Waals surface area contributed by atoms with Gasteiger partial charge in [0.1, 0.15) is 18.1 Å². The van der Waals surface area contributed by atoms with E-state index in [4.69, 9.17) is 9.47 Å². The predicted octanol–water partition coefficient (Wildman–Crippen LogP) is 3.33. The van der Waals surface area contributed by atoms with Gasteiger partial charge < -0.3 is 19.7 Å². The van der Waals surface area contributed by atoms with E-state index in [-0.39, 0.29) is 22.9 Å². The molecule has 3 aliphatic rings. The number of nitrogens with one attached hydrogen (secondary N) is 2. The standard InChI is InChI=1S/C26H25N5O4/c1-34-19-8-4-17(5-9-19)28-23(32)21-20-10-14-31(24(33)22(20)30-29-21)18-6-2-16(3-7-18)26(11-12-26)25-27-13-15-35-25/h2-9H,10-15H2,1H3,(H,28,32)(H,29,30). The SMILES string of the molecule is COc1ccc(NC(=O)c2n[nH]c3c2CCN(c2ccc(C4(C5=NCCO5)CC4)cc2)C3=O)cc1. The van der Waals surface area contributed by atoms with E-state index >= 15 is 0 Å². The van der Waals surface area contributed by atoms with E-state index < -0.39 is 0 Å². The fourth-order valence-electron chi connectivity index (χ4n) is 4.88. The summed E-state index contributed by atoms with van der Waals surface area (Å²) < 4.78 is 10.9. The molecule has 1 saturated carbocycles. The van der Waals surface area contributed by atoms with Crippen LogP contribution < -0.4 is 15.0 Å². The fraction of sp³-hybridized carbons (Fsp3) is 0.308. The summed E-state index contributed by atoms with van der Waals surface area (Å²) in [7, 11) is 1.59. The summed E-state index contributed by atoms with van der Waals surface area (Å²) in [5.74, 6) is 0.998. The van der Waals surface area contributed by atoms with Crippen molar-refractivity contribution in [1.82, 2.24) is 10.2 Å². The van der Waals surface area contributed by atoms with Gasteiger partial charge in [0.25, 0.3) is 11.8 Å². The Morgan fingerprint density at radius 3 is 2.57 bits per heavy atom. The highest BCUT2D eigenvalue weighted by molar-refractivity contribution is 6.11. The normalized spacial score (nSPS) is 17.9. The van der Waals surface area contributed by atoms with Crippen molar-refractivity contribution in [3.8, 4) is 5.75 Å². The Morgan fingerprint density at radius 2 is 1.91 bits per heavy atom. The molecule has 1 aromatic heterocycles. The molecule has 0 saturated heterocycles. The van der Waals surface area contributed by atoms with Crippen LogP contribution >= 0.6 is 0 Å². The number of amides is 2. The number of hydrogen-bond donors (Lipinski definition) is 2. The average Bonchev–Trinajstić information content (AvgIpc) is 3.29. The summed E-state index contributed by atoms with van der Waals surface area (Å²) in [6.45, 7) is 1.85. The lowest BCUT2D eigenvalue weighted by molar-refractivity contribution is 0.0975. The monoisotopic (exact) mass is 471 g/mol. The van der Waals surface area contributed by atoms with Gasteiger partial charge in [0, 0.05) is 23.5 Å². The number of anilines is 2. The first-order valence-electron chi connectivity index (χ1n) is 11.7. The Morgan fingerprint density at radius 1 is 1.14 bits per heavy atom. The van der Waals surface area contributed by atoms with Gasteiger partial charge in [-0.1, -0.05) is 12.1 Å². The van der Waals surface area contributed by atoms with Crippen LogP contribution in [0.2, 0.25) is 0 Å². The first-order valence-corrected chi connectivity index (χ1v) is 11.7. The quantitative estimate of drug-likeness (QED) is 0.573. The number of H-pyrrole nitrogens is 1. The van der Waals surface area contributed by atoms with Crippen molar-refractivity contribution in [2.24, 2.45) is 4.99 Å². The van der Waals surface area contributed by atoms with Crippen LogP contribution in [-0.2, 0) is 16.6 Å². The number of carbonyl (C=O) groups excluding carboxylic acids is 2. The van der Waals surface area contributed by atoms with Crippen LogP contribution in [0.15, 0.2) is 53.5 Å². The van der Waals surface area contributed by atoms with Crippen molar-refractivity contribution in [3.63, 3.8) is 0 Å². The van der Waals surface area contributed by atoms with Crippen molar-refractivity contribution >= 4 is 29.1 Å². The second kappa shape index (κ2) is 8.26. The Bertz CT molecular complexity index is 1320. The Hall–Kier alpha value is -4.14. The molecular formula is C26H25N5O4. The van der Waals surface area contributed by atoms with Gasteiger partial charge in [0.15, 0.2) is 11.6 Å². The number of hydrogen-bond acceptors (Lipinski definition) is 6. The lowest BCUT2D eigenvalue weighted by Gasteiger charge is -2.27. The van der Waals surface area contributed by atoms with E-state index in [1.807, 2.05) is 12.1 Å². The Kier molecular flexibility index (Phi) is 5.05. The number of nitrogens with zero attached hydrogens (tertiary/aromatic N) is 3. The minimum atomic E-state index is -0.356. The summed E-state index contributed by atoms with van der Waals surface area (Å²) in [5, 5.41) is 9.79. The van der Waals surface area contributed by atoms with Crippen molar-refractivity contribution < 1.29 is 19.1 Å². The largest absolute Gasteiger partial charge is 0.497 e. The van der Waals surface area contributed by atoms with Gasteiger partial charge in [-0.2, -0.15) is 5.10 Å². The third-order valence-electron chi connectivity index (χ3n) is 6.95. The fourth-order valence-corrected chi connectivity index (χ4v) is 4.88. The minimum absolute atomic E-state index is 0.0936. The predicted molar refractivity (Wildman–Crippen MR) is 131 cm³/mol. The molecule has 2 aromatic carbocycles. The molecule has 0 spiro atoms. The van der Waals surface area contributed by atoms with Crippen LogP contribution in [0.1, 0.15) is 44.9 Å². The summed E-state index contributed by atoms with van der Waals surface area (Å²) in [6, 6.07) is 15.1. The first-order chi connectivity index (χ1) is 17.1. The number of benzene rings is 2. The molecule has 9 heteroatoms. The van der Waals surface area contributed by atoms with E-state index in [1.165, 1.54) is 5.56 Å². The van der Waals surface area contributed by atoms with Gasteiger partial charge >= 0.3 is 0 Å². The molecule has 6 rings (SSSR count). The molecule has 0 atom stereocenters. The highest BCUT2D eigenvalue weighted by atomic mass is 16.5. The second-order valence-corrected chi connectivity index (χ2v) is 8.98. The molecule has 9 nitrogen and oxygen atoms in total. The van der Waals surface area contributed by atoms with Crippen molar-refractivity contribution in [2.45, 2.75) is 24.7 Å².